The molecule has 0 N–H and O–H groups in total. The smallest absolute Gasteiger partial charge is 0.151 e. The molecule has 2 nitrogen and oxygen atoms in total. The van der Waals surface area contributed by atoms with Gasteiger partial charge in [0.05, 0.1) is 11.5 Å². The third-order valence-electron chi connectivity index (χ3n) is 3.80. The van der Waals surface area contributed by atoms with Crippen molar-refractivity contribution >= 4 is 9.84 Å². The van der Waals surface area contributed by atoms with Crippen LogP contribution in [0.5, 0.6) is 0 Å². The Bertz CT molecular complexity index is 342. The quantitative estimate of drug-likeness (QED) is 0.557. The molecule has 0 saturated carbocycles. The molecular weight excluding hydrogens is 184 g/mol. The lowest BCUT2D eigenvalue weighted by Gasteiger charge is -2.37. The molecule has 2 aliphatic rings. The standard InChI is InChI=1S/C10H16O2S/c1-8-4-3-5-9-6-13(11,12)7-10(8,9)2/h3-4,8-9H,5-7H2,1-2H3/t8?,9-,10-/m0/s1. The maximum Gasteiger partial charge on any atom is 0.151 e. The molecule has 0 bridgehead atoms. The summed E-state index contributed by atoms with van der Waals surface area (Å²) in [6.07, 6.45) is 5.25. The minimum absolute atomic E-state index is 0.00752. The van der Waals surface area contributed by atoms with Crippen molar-refractivity contribution < 1.29 is 8.42 Å². The number of fused-ring (bicyclic) bond motifs is 1. The molecule has 0 aromatic rings. The molecule has 13 heavy (non-hydrogen) atoms. The van der Waals surface area contributed by atoms with Gasteiger partial charge in [-0.3, -0.25) is 0 Å². The zero-order valence-corrected chi connectivity index (χ0v) is 8.97. The van der Waals surface area contributed by atoms with Crippen LogP contribution in [-0.2, 0) is 9.84 Å². The Morgan fingerprint density at radius 3 is 2.77 bits per heavy atom. The SMILES string of the molecule is CC1C=CC[C@H]2CS(=O)(=O)C[C@@]12C. The predicted molar refractivity (Wildman–Crippen MR) is 53.2 cm³/mol. The Morgan fingerprint density at radius 1 is 1.46 bits per heavy atom. The minimum atomic E-state index is -2.76. The first kappa shape index (κ1) is 9.25. The Hall–Kier alpha value is -0.310. The lowest BCUT2D eigenvalue weighted by atomic mass is 9.67. The van der Waals surface area contributed by atoms with E-state index in [9.17, 15) is 8.42 Å². The molecule has 1 aliphatic heterocycles. The van der Waals surface area contributed by atoms with Crippen LogP contribution in [0.15, 0.2) is 12.2 Å². The predicted octanol–water partition coefficient (Wildman–Crippen LogP) is 1.63. The van der Waals surface area contributed by atoms with Crippen LogP contribution in [0.3, 0.4) is 0 Å². The molecule has 1 saturated heterocycles. The normalized spacial score (nSPS) is 47.5. The van der Waals surface area contributed by atoms with Gasteiger partial charge in [-0.15, -0.1) is 0 Å². The van der Waals surface area contributed by atoms with Gasteiger partial charge >= 0.3 is 0 Å². The van der Waals surface area contributed by atoms with Crippen molar-refractivity contribution in [3.05, 3.63) is 12.2 Å². The van der Waals surface area contributed by atoms with E-state index in [1.807, 2.05) is 0 Å². The maximum atomic E-state index is 11.5. The summed E-state index contributed by atoms with van der Waals surface area (Å²) in [5, 5.41) is 0. The summed E-state index contributed by atoms with van der Waals surface area (Å²) in [6, 6.07) is 0. The second kappa shape index (κ2) is 2.59. The van der Waals surface area contributed by atoms with Crippen LogP contribution >= 0.6 is 0 Å². The number of allylic oxidation sites excluding steroid dienone is 2. The second-order valence-corrected chi connectivity index (χ2v) is 6.82. The number of rotatable bonds is 0. The lowest BCUT2D eigenvalue weighted by Crippen LogP contribution is -2.34. The van der Waals surface area contributed by atoms with Gasteiger partial charge in [0.2, 0.25) is 0 Å². The van der Waals surface area contributed by atoms with E-state index in [2.05, 4.69) is 26.0 Å². The van der Waals surface area contributed by atoms with Gasteiger partial charge in [0, 0.05) is 0 Å². The zero-order chi connectivity index (χ0) is 9.69. The highest BCUT2D eigenvalue weighted by molar-refractivity contribution is 7.91. The van der Waals surface area contributed by atoms with Crippen molar-refractivity contribution in [1.29, 1.82) is 0 Å². The number of hydrogen-bond acceptors (Lipinski definition) is 2. The summed E-state index contributed by atoms with van der Waals surface area (Å²) in [5.74, 6) is 1.55. The van der Waals surface area contributed by atoms with Crippen molar-refractivity contribution in [2.24, 2.45) is 17.3 Å². The van der Waals surface area contributed by atoms with Gasteiger partial charge in [-0.1, -0.05) is 26.0 Å². The van der Waals surface area contributed by atoms with E-state index in [0.717, 1.165) is 6.42 Å². The molecule has 74 valence electrons. The molecule has 0 spiro atoms. The van der Waals surface area contributed by atoms with Crippen LogP contribution in [0.1, 0.15) is 20.3 Å². The minimum Gasteiger partial charge on any atom is -0.229 e. The Kier molecular flexibility index (Phi) is 1.85. The first-order valence-electron chi connectivity index (χ1n) is 4.81. The lowest BCUT2D eigenvalue weighted by molar-refractivity contribution is 0.182. The summed E-state index contributed by atoms with van der Waals surface area (Å²) in [5.41, 5.74) is 0.00752. The third kappa shape index (κ3) is 1.33. The summed E-state index contributed by atoms with van der Waals surface area (Å²) in [6.45, 7) is 4.25. The molecular formula is C10H16O2S. The Balaban J connectivity index is 2.39. The molecule has 2 rings (SSSR count). The van der Waals surface area contributed by atoms with Gasteiger partial charge in [-0.05, 0) is 23.7 Å². The summed E-state index contributed by atoms with van der Waals surface area (Å²) in [4.78, 5) is 0. The zero-order valence-electron chi connectivity index (χ0n) is 8.16. The van der Waals surface area contributed by atoms with Gasteiger partial charge in [-0.25, -0.2) is 8.42 Å². The van der Waals surface area contributed by atoms with E-state index in [1.54, 1.807) is 0 Å². The van der Waals surface area contributed by atoms with Crippen LogP contribution in [-0.4, -0.2) is 19.9 Å². The third-order valence-corrected chi connectivity index (χ3v) is 5.78. The highest BCUT2D eigenvalue weighted by atomic mass is 32.2. The fraction of sp³-hybridized carbons (Fsp3) is 0.800. The monoisotopic (exact) mass is 200 g/mol. The largest absolute Gasteiger partial charge is 0.229 e. The first-order chi connectivity index (χ1) is 5.94. The van der Waals surface area contributed by atoms with Crippen LogP contribution in [0, 0.1) is 17.3 Å². The van der Waals surface area contributed by atoms with E-state index in [4.69, 9.17) is 0 Å². The van der Waals surface area contributed by atoms with E-state index < -0.39 is 9.84 Å². The van der Waals surface area contributed by atoms with Crippen LogP contribution in [0.4, 0.5) is 0 Å². The molecule has 0 radical (unpaired) electrons. The molecule has 1 fully saturated rings. The van der Waals surface area contributed by atoms with Crippen molar-refractivity contribution in [2.45, 2.75) is 20.3 Å². The molecule has 3 heteroatoms. The summed E-state index contributed by atoms with van der Waals surface area (Å²) >= 11 is 0. The van der Waals surface area contributed by atoms with Gasteiger partial charge in [0.15, 0.2) is 9.84 Å². The summed E-state index contributed by atoms with van der Waals surface area (Å²) < 4.78 is 23.0. The van der Waals surface area contributed by atoms with Crippen molar-refractivity contribution in [3.8, 4) is 0 Å². The van der Waals surface area contributed by atoms with Gasteiger partial charge in [0.25, 0.3) is 0 Å². The van der Waals surface area contributed by atoms with Gasteiger partial charge in [-0.2, -0.15) is 0 Å². The Morgan fingerprint density at radius 2 is 2.15 bits per heavy atom. The first-order valence-corrected chi connectivity index (χ1v) is 6.63. The molecule has 0 amide bonds. The number of hydrogen-bond donors (Lipinski definition) is 0. The fourth-order valence-electron chi connectivity index (χ4n) is 2.65. The van der Waals surface area contributed by atoms with E-state index in [1.165, 1.54) is 0 Å². The fourth-order valence-corrected chi connectivity index (χ4v) is 5.35. The van der Waals surface area contributed by atoms with Gasteiger partial charge < -0.3 is 0 Å². The van der Waals surface area contributed by atoms with E-state index in [-0.39, 0.29) is 5.41 Å². The average molecular weight is 200 g/mol. The second-order valence-electron chi connectivity index (χ2n) is 4.71. The molecule has 1 aliphatic carbocycles. The molecule has 1 heterocycles. The summed E-state index contributed by atoms with van der Waals surface area (Å²) in [7, 11) is -2.76. The van der Waals surface area contributed by atoms with Gasteiger partial charge in [0.1, 0.15) is 0 Å². The van der Waals surface area contributed by atoms with Crippen molar-refractivity contribution in [1.82, 2.24) is 0 Å². The van der Waals surface area contributed by atoms with Crippen LogP contribution < -0.4 is 0 Å². The van der Waals surface area contributed by atoms with Crippen LogP contribution in [0.2, 0.25) is 0 Å². The average Bonchev–Trinajstić information content (AvgIpc) is 2.22. The molecule has 0 aromatic carbocycles. The van der Waals surface area contributed by atoms with Crippen LogP contribution in [0.25, 0.3) is 0 Å². The number of sulfone groups is 1. The molecule has 1 unspecified atom stereocenters. The Labute approximate surface area is 79.9 Å². The molecule has 0 aromatic heterocycles. The van der Waals surface area contributed by atoms with Crippen molar-refractivity contribution in [2.75, 3.05) is 11.5 Å². The van der Waals surface area contributed by atoms with E-state index in [0.29, 0.717) is 23.3 Å². The molecule has 3 atom stereocenters. The highest BCUT2D eigenvalue weighted by Crippen LogP contribution is 2.48. The topological polar surface area (TPSA) is 34.1 Å². The van der Waals surface area contributed by atoms with Crippen molar-refractivity contribution in [3.63, 3.8) is 0 Å². The highest BCUT2D eigenvalue weighted by Gasteiger charge is 2.49. The van der Waals surface area contributed by atoms with E-state index >= 15 is 0 Å². The maximum absolute atomic E-state index is 11.5.